The van der Waals surface area contributed by atoms with Crippen molar-refractivity contribution in [3.63, 3.8) is 0 Å². The number of carbonyl (C=O) groups is 2. The van der Waals surface area contributed by atoms with Crippen molar-refractivity contribution >= 4 is 29.2 Å². The lowest BCUT2D eigenvalue weighted by Gasteiger charge is -2.24. The van der Waals surface area contributed by atoms with Crippen LogP contribution in [0.25, 0.3) is 0 Å². The van der Waals surface area contributed by atoms with Gasteiger partial charge in [-0.05, 0) is 56.2 Å². The van der Waals surface area contributed by atoms with E-state index < -0.39 is 12.6 Å². The summed E-state index contributed by atoms with van der Waals surface area (Å²) in [6.45, 7) is 2.37. The number of carbonyl (C=O) groups excluding carboxylic acids is 1. The Morgan fingerprint density at radius 3 is 2.65 bits per heavy atom. The van der Waals surface area contributed by atoms with Gasteiger partial charge in [0.15, 0.2) is 18.1 Å². The number of halogens is 1. The Morgan fingerprint density at radius 1 is 1.16 bits per heavy atom. The smallest absolute Gasteiger partial charge is 0.341 e. The van der Waals surface area contributed by atoms with E-state index in [1.165, 1.54) is 23.2 Å². The molecule has 3 rings (SSSR count). The molecule has 1 aliphatic heterocycles. The van der Waals surface area contributed by atoms with Gasteiger partial charge >= 0.3 is 5.97 Å². The monoisotopic (exact) mass is 446 g/mol. The van der Waals surface area contributed by atoms with E-state index in [9.17, 15) is 9.59 Å². The fourth-order valence-electron chi connectivity index (χ4n) is 3.16. The molecule has 0 saturated carbocycles. The van der Waals surface area contributed by atoms with E-state index in [1.54, 1.807) is 7.11 Å². The van der Waals surface area contributed by atoms with E-state index in [0.29, 0.717) is 24.7 Å². The first-order chi connectivity index (χ1) is 14.9. The Bertz CT molecular complexity index is 1010. The number of nitrogens with zero attached hydrogens (tertiary/aromatic N) is 2. The highest BCUT2D eigenvalue weighted by Crippen LogP contribution is 2.30. The molecule has 0 aliphatic carbocycles. The topological polar surface area (TPSA) is 97.7 Å². The second kappa shape index (κ2) is 10.2. The fourth-order valence-corrected chi connectivity index (χ4v) is 3.41. The lowest BCUT2D eigenvalue weighted by molar-refractivity contribution is -0.139. The van der Waals surface area contributed by atoms with Crippen molar-refractivity contribution in [2.24, 2.45) is 5.10 Å². The molecule has 0 spiro atoms. The zero-order valence-corrected chi connectivity index (χ0v) is 18.0. The summed E-state index contributed by atoms with van der Waals surface area (Å²) in [7, 11) is 1.58. The molecule has 2 aromatic rings. The van der Waals surface area contributed by atoms with Crippen LogP contribution in [0, 0.1) is 0 Å². The van der Waals surface area contributed by atoms with Gasteiger partial charge in [0, 0.05) is 12.1 Å². The van der Waals surface area contributed by atoms with Crippen LogP contribution in [0.2, 0.25) is 5.02 Å². The maximum atomic E-state index is 13.0. The summed E-state index contributed by atoms with van der Waals surface area (Å²) < 4.78 is 16.1. The maximum absolute atomic E-state index is 13.0. The van der Waals surface area contributed by atoms with E-state index in [-0.39, 0.29) is 22.2 Å². The Balaban J connectivity index is 1.82. The minimum absolute atomic E-state index is 0.165. The summed E-state index contributed by atoms with van der Waals surface area (Å²) in [6, 6.07) is 9.99. The Kier molecular flexibility index (Phi) is 7.36. The van der Waals surface area contributed by atoms with Gasteiger partial charge < -0.3 is 19.3 Å². The summed E-state index contributed by atoms with van der Waals surface area (Å²) in [4.78, 5) is 23.6. The predicted octanol–water partition coefficient (Wildman–Crippen LogP) is 3.85. The van der Waals surface area contributed by atoms with Gasteiger partial charge in [-0.15, -0.1) is 0 Å². The molecular formula is C22H23ClN2O6. The molecule has 0 aromatic heterocycles. The predicted molar refractivity (Wildman–Crippen MR) is 116 cm³/mol. The van der Waals surface area contributed by atoms with Gasteiger partial charge in [0.25, 0.3) is 5.91 Å². The zero-order valence-electron chi connectivity index (χ0n) is 17.3. The first-order valence-corrected chi connectivity index (χ1v) is 10.2. The number of hydrazone groups is 1. The highest BCUT2D eigenvalue weighted by atomic mass is 35.5. The first-order valence-electron chi connectivity index (χ1n) is 9.77. The van der Waals surface area contributed by atoms with E-state index in [0.717, 1.165) is 24.1 Å². The van der Waals surface area contributed by atoms with Crippen molar-refractivity contribution in [2.45, 2.75) is 19.8 Å². The number of methoxy groups -OCH3 is 1. The number of aliphatic carboxylic acids is 1. The maximum Gasteiger partial charge on any atom is 0.341 e. The van der Waals surface area contributed by atoms with Crippen molar-refractivity contribution in [2.75, 3.05) is 26.9 Å². The molecule has 1 amide bonds. The van der Waals surface area contributed by atoms with E-state index in [2.05, 4.69) is 5.10 Å². The van der Waals surface area contributed by atoms with Crippen molar-refractivity contribution in [3.05, 3.63) is 52.5 Å². The van der Waals surface area contributed by atoms with Gasteiger partial charge in [-0.1, -0.05) is 11.6 Å². The van der Waals surface area contributed by atoms with Crippen molar-refractivity contribution < 1.29 is 28.9 Å². The largest absolute Gasteiger partial charge is 0.493 e. The standard InChI is InChI=1S/C22H23ClN2O6/c1-3-30-20-11-14(6-9-19(20)29-2)18-5-4-10-25(24-18)22(28)16-8-7-15(12-17(16)23)31-13-21(26)27/h6-9,11-12H,3-5,10,13H2,1-2H3,(H,26,27). The van der Waals surface area contributed by atoms with Crippen LogP contribution in [-0.4, -0.2) is 54.6 Å². The molecule has 1 aliphatic rings. The summed E-state index contributed by atoms with van der Waals surface area (Å²) in [6.07, 6.45) is 1.47. The van der Waals surface area contributed by atoms with E-state index in [4.69, 9.17) is 30.9 Å². The lowest BCUT2D eigenvalue weighted by atomic mass is 10.0. The third-order valence-electron chi connectivity index (χ3n) is 4.59. The van der Waals surface area contributed by atoms with Crippen LogP contribution in [0.4, 0.5) is 0 Å². The summed E-state index contributed by atoms with van der Waals surface area (Å²) >= 11 is 6.25. The molecular weight excluding hydrogens is 424 g/mol. The minimum Gasteiger partial charge on any atom is -0.493 e. The van der Waals surface area contributed by atoms with Gasteiger partial charge in [-0.3, -0.25) is 4.79 Å². The molecule has 2 aromatic carbocycles. The van der Waals surface area contributed by atoms with E-state index in [1.807, 2.05) is 25.1 Å². The lowest BCUT2D eigenvalue weighted by Crippen LogP contribution is -2.32. The Hall–Kier alpha value is -3.26. The number of benzene rings is 2. The highest BCUT2D eigenvalue weighted by molar-refractivity contribution is 6.34. The second-order valence-corrected chi connectivity index (χ2v) is 7.11. The van der Waals surface area contributed by atoms with Gasteiger partial charge in [0.05, 0.1) is 30.0 Å². The summed E-state index contributed by atoms with van der Waals surface area (Å²) in [5.74, 6) is 0.0806. The molecule has 0 bridgehead atoms. The average molecular weight is 447 g/mol. The molecule has 0 unspecified atom stereocenters. The quantitative estimate of drug-likeness (QED) is 0.661. The Labute approximate surface area is 185 Å². The highest BCUT2D eigenvalue weighted by Gasteiger charge is 2.23. The van der Waals surface area contributed by atoms with Gasteiger partial charge in [-0.2, -0.15) is 5.10 Å². The molecule has 0 radical (unpaired) electrons. The Morgan fingerprint density at radius 2 is 1.97 bits per heavy atom. The number of carboxylic acids is 1. The number of hydrogen-bond donors (Lipinski definition) is 1. The molecule has 0 atom stereocenters. The van der Waals surface area contributed by atoms with E-state index >= 15 is 0 Å². The average Bonchev–Trinajstić information content (AvgIpc) is 2.77. The molecule has 0 fully saturated rings. The van der Waals surface area contributed by atoms with Crippen LogP contribution >= 0.6 is 11.6 Å². The summed E-state index contributed by atoms with van der Waals surface area (Å²) in [5, 5.41) is 14.8. The molecule has 0 saturated heterocycles. The van der Waals surface area contributed by atoms with Crippen LogP contribution in [0.5, 0.6) is 17.2 Å². The van der Waals surface area contributed by atoms with Gasteiger partial charge in [-0.25, -0.2) is 9.80 Å². The molecule has 31 heavy (non-hydrogen) atoms. The minimum atomic E-state index is -1.10. The number of hydrogen-bond acceptors (Lipinski definition) is 6. The molecule has 164 valence electrons. The van der Waals surface area contributed by atoms with Crippen molar-refractivity contribution in [3.8, 4) is 17.2 Å². The third-order valence-corrected chi connectivity index (χ3v) is 4.90. The number of amides is 1. The van der Waals surface area contributed by atoms with Crippen LogP contribution in [0.3, 0.4) is 0 Å². The molecule has 9 heteroatoms. The molecule has 1 heterocycles. The normalized spacial score (nSPS) is 13.4. The first kappa shape index (κ1) is 22.4. The molecule has 8 nitrogen and oxygen atoms in total. The van der Waals surface area contributed by atoms with Crippen molar-refractivity contribution in [1.82, 2.24) is 5.01 Å². The van der Waals surface area contributed by atoms with Gasteiger partial charge in [0.1, 0.15) is 5.75 Å². The van der Waals surface area contributed by atoms with Crippen LogP contribution in [0.15, 0.2) is 41.5 Å². The van der Waals surface area contributed by atoms with Crippen LogP contribution < -0.4 is 14.2 Å². The van der Waals surface area contributed by atoms with Crippen LogP contribution in [0.1, 0.15) is 35.7 Å². The number of carboxylic acid groups (broad SMARTS) is 1. The number of ether oxygens (including phenoxy) is 3. The number of rotatable bonds is 8. The van der Waals surface area contributed by atoms with Crippen LogP contribution in [-0.2, 0) is 4.79 Å². The fraction of sp³-hybridized carbons (Fsp3) is 0.318. The second-order valence-electron chi connectivity index (χ2n) is 6.70. The SMILES string of the molecule is CCOc1cc(C2=NN(C(=O)c3ccc(OCC(=O)O)cc3Cl)CCC2)ccc1OC. The summed E-state index contributed by atoms with van der Waals surface area (Å²) in [5.41, 5.74) is 1.88. The molecule has 1 N–H and O–H groups in total. The zero-order chi connectivity index (χ0) is 22.4. The van der Waals surface area contributed by atoms with Crippen molar-refractivity contribution in [1.29, 1.82) is 0 Å². The third kappa shape index (κ3) is 5.46. The van der Waals surface area contributed by atoms with Gasteiger partial charge in [0.2, 0.25) is 0 Å².